The Morgan fingerprint density at radius 1 is 1.09 bits per heavy atom. The topological polar surface area (TPSA) is 64.3 Å². The largest absolute Gasteiger partial charge is 0.480 e. The second-order valence-electron chi connectivity index (χ2n) is 5.54. The van der Waals surface area contributed by atoms with Crippen LogP contribution in [0.2, 0.25) is 0 Å². The molecule has 22 heavy (non-hydrogen) atoms. The van der Waals surface area contributed by atoms with Crippen molar-refractivity contribution in [3.63, 3.8) is 0 Å². The van der Waals surface area contributed by atoms with E-state index in [0.29, 0.717) is 5.69 Å². The highest BCUT2D eigenvalue weighted by atomic mass is 16.5. The lowest BCUT2D eigenvalue weighted by Gasteiger charge is -2.18. The van der Waals surface area contributed by atoms with E-state index in [4.69, 9.17) is 10.5 Å². The molecule has 0 heterocycles. The van der Waals surface area contributed by atoms with Crippen molar-refractivity contribution in [3.05, 3.63) is 53.1 Å². The standard InChI is InChI=1S/C18H22N2O2/c1-11-6-5-7-12(2)17(11)22-14(4)18(21)20-16-9-8-15(19)10-13(16)3/h5-10,14H,19H2,1-4H3,(H,20,21). The molecule has 4 heteroatoms. The Morgan fingerprint density at radius 2 is 1.73 bits per heavy atom. The van der Waals surface area contributed by atoms with Crippen LogP contribution in [-0.2, 0) is 4.79 Å². The first-order valence-electron chi connectivity index (χ1n) is 7.28. The van der Waals surface area contributed by atoms with Gasteiger partial charge in [-0.15, -0.1) is 0 Å². The first kappa shape index (κ1) is 15.9. The molecule has 0 radical (unpaired) electrons. The molecule has 3 N–H and O–H groups in total. The molecule has 2 rings (SSSR count). The van der Waals surface area contributed by atoms with Gasteiger partial charge in [-0.2, -0.15) is 0 Å². The number of nitrogen functional groups attached to an aromatic ring is 1. The van der Waals surface area contributed by atoms with Crippen molar-refractivity contribution < 1.29 is 9.53 Å². The maximum atomic E-state index is 12.3. The van der Waals surface area contributed by atoms with E-state index in [1.807, 2.05) is 45.0 Å². The second kappa shape index (κ2) is 6.52. The number of rotatable bonds is 4. The number of hydrogen-bond donors (Lipinski definition) is 2. The molecular weight excluding hydrogens is 276 g/mol. The highest BCUT2D eigenvalue weighted by molar-refractivity contribution is 5.95. The van der Waals surface area contributed by atoms with E-state index in [-0.39, 0.29) is 5.91 Å². The number of nitrogens with one attached hydrogen (secondary N) is 1. The van der Waals surface area contributed by atoms with Crippen molar-refractivity contribution in [3.8, 4) is 5.75 Å². The minimum absolute atomic E-state index is 0.185. The third-order valence-electron chi connectivity index (χ3n) is 3.58. The molecule has 4 nitrogen and oxygen atoms in total. The SMILES string of the molecule is Cc1cc(N)ccc1NC(=O)C(C)Oc1c(C)cccc1C. The summed E-state index contributed by atoms with van der Waals surface area (Å²) in [6.45, 7) is 7.59. The van der Waals surface area contributed by atoms with Crippen LogP contribution in [0.5, 0.6) is 5.75 Å². The average molecular weight is 298 g/mol. The smallest absolute Gasteiger partial charge is 0.265 e. The van der Waals surface area contributed by atoms with Crippen LogP contribution in [0.3, 0.4) is 0 Å². The number of nitrogens with two attached hydrogens (primary N) is 1. The number of carbonyl (C=O) groups excluding carboxylic acids is 1. The maximum Gasteiger partial charge on any atom is 0.265 e. The molecule has 2 aromatic rings. The van der Waals surface area contributed by atoms with Gasteiger partial charge in [0.05, 0.1) is 0 Å². The van der Waals surface area contributed by atoms with Crippen molar-refractivity contribution in [2.75, 3.05) is 11.1 Å². The molecule has 0 fully saturated rings. The van der Waals surface area contributed by atoms with Crippen molar-refractivity contribution in [1.82, 2.24) is 0 Å². The summed E-state index contributed by atoms with van der Waals surface area (Å²) in [5, 5.41) is 2.88. The number of amides is 1. The number of aryl methyl sites for hydroxylation is 3. The summed E-state index contributed by atoms with van der Waals surface area (Å²) in [4.78, 5) is 12.3. The molecule has 1 amide bonds. The molecular formula is C18H22N2O2. The van der Waals surface area contributed by atoms with Crippen LogP contribution < -0.4 is 15.8 Å². The summed E-state index contributed by atoms with van der Waals surface area (Å²) >= 11 is 0. The minimum Gasteiger partial charge on any atom is -0.480 e. The lowest BCUT2D eigenvalue weighted by molar-refractivity contribution is -0.122. The fourth-order valence-corrected chi connectivity index (χ4v) is 2.28. The summed E-state index contributed by atoms with van der Waals surface area (Å²) in [5.74, 6) is 0.578. The predicted molar refractivity (Wildman–Crippen MR) is 90.2 cm³/mol. The van der Waals surface area contributed by atoms with Crippen LogP contribution in [0.15, 0.2) is 36.4 Å². The Hall–Kier alpha value is -2.49. The molecule has 0 saturated heterocycles. The van der Waals surface area contributed by atoms with Gasteiger partial charge in [0, 0.05) is 11.4 Å². The second-order valence-corrected chi connectivity index (χ2v) is 5.54. The first-order chi connectivity index (χ1) is 10.4. The lowest BCUT2D eigenvalue weighted by Crippen LogP contribution is -2.30. The predicted octanol–water partition coefficient (Wildman–Crippen LogP) is 3.60. The summed E-state index contributed by atoms with van der Waals surface area (Å²) in [6.07, 6.45) is -0.586. The Balaban J connectivity index is 2.09. The van der Waals surface area contributed by atoms with Gasteiger partial charge in [-0.25, -0.2) is 0 Å². The molecule has 2 aromatic carbocycles. The van der Waals surface area contributed by atoms with E-state index in [0.717, 1.165) is 28.1 Å². The number of hydrogen-bond acceptors (Lipinski definition) is 3. The van der Waals surface area contributed by atoms with Crippen LogP contribution in [0, 0.1) is 20.8 Å². The van der Waals surface area contributed by atoms with Gasteiger partial charge < -0.3 is 15.8 Å². The fraction of sp³-hybridized carbons (Fsp3) is 0.278. The van der Waals surface area contributed by atoms with Gasteiger partial charge in [0.2, 0.25) is 0 Å². The number of anilines is 2. The third-order valence-corrected chi connectivity index (χ3v) is 3.58. The van der Waals surface area contributed by atoms with E-state index in [2.05, 4.69) is 5.32 Å². The quantitative estimate of drug-likeness (QED) is 0.848. The Morgan fingerprint density at radius 3 is 2.32 bits per heavy atom. The first-order valence-corrected chi connectivity index (χ1v) is 7.28. The number of benzene rings is 2. The van der Waals surface area contributed by atoms with Gasteiger partial charge >= 0.3 is 0 Å². The maximum absolute atomic E-state index is 12.3. The number of ether oxygens (including phenoxy) is 1. The van der Waals surface area contributed by atoms with Gasteiger partial charge in [0.15, 0.2) is 6.10 Å². The van der Waals surface area contributed by atoms with E-state index in [1.165, 1.54) is 0 Å². The summed E-state index contributed by atoms with van der Waals surface area (Å²) in [5.41, 5.74) is 10.1. The Bertz CT molecular complexity index is 675. The minimum atomic E-state index is -0.586. The van der Waals surface area contributed by atoms with Crippen molar-refractivity contribution in [2.24, 2.45) is 0 Å². The Labute approximate surface area is 131 Å². The van der Waals surface area contributed by atoms with Crippen molar-refractivity contribution in [1.29, 1.82) is 0 Å². The fourth-order valence-electron chi connectivity index (χ4n) is 2.28. The number of carbonyl (C=O) groups is 1. The van der Waals surface area contributed by atoms with Crippen LogP contribution in [0.1, 0.15) is 23.6 Å². The van der Waals surface area contributed by atoms with Crippen LogP contribution in [0.4, 0.5) is 11.4 Å². The lowest BCUT2D eigenvalue weighted by atomic mass is 10.1. The van der Waals surface area contributed by atoms with Crippen molar-refractivity contribution in [2.45, 2.75) is 33.8 Å². The van der Waals surface area contributed by atoms with Crippen LogP contribution in [-0.4, -0.2) is 12.0 Å². The summed E-state index contributed by atoms with van der Waals surface area (Å²) in [6, 6.07) is 11.3. The van der Waals surface area contributed by atoms with Crippen LogP contribution in [0.25, 0.3) is 0 Å². The van der Waals surface area contributed by atoms with Gasteiger partial charge in [-0.1, -0.05) is 18.2 Å². The van der Waals surface area contributed by atoms with E-state index in [9.17, 15) is 4.79 Å². The van der Waals surface area contributed by atoms with Gasteiger partial charge in [0.1, 0.15) is 5.75 Å². The molecule has 116 valence electrons. The molecule has 0 spiro atoms. The van der Waals surface area contributed by atoms with Gasteiger partial charge in [0.25, 0.3) is 5.91 Å². The normalized spacial score (nSPS) is 11.8. The highest BCUT2D eigenvalue weighted by Gasteiger charge is 2.17. The van der Waals surface area contributed by atoms with Gasteiger partial charge in [-0.05, 0) is 62.6 Å². The molecule has 1 unspecified atom stereocenters. The zero-order chi connectivity index (χ0) is 16.3. The van der Waals surface area contributed by atoms with E-state index >= 15 is 0 Å². The molecule has 0 aliphatic carbocycles. The molecule has 0 aliphatic heterocycles. The van der Waals surface area contributed by atoms with E-state index in [1.54, 1.807) is 19.1 Å². The average Bonchev–Trinajstić information content (AvgIpc) is 2.45. The molecule has 0 bridgehead atoms. The van der Waals surface area contributed by atoms with Gasteiger partial charge in [-0.3, -0.25) is 4.79 Å². The number of para-hydroxylation sites is 1. The molecule has 0 saturated carbocycles. The van der Waals surface area contributed by atoms with Crippen LogP contribution >= 0.6 is 0 Å². The van der Waals surface area contributed by atoms with Crippen molar-refractivity contribution >= 4 is 17.3 Å². The zero-order valence-corrected chi connectivity index (χ0v) is 13.4. The summed E-state index contributed by atoms with van der Waals surface area (Å²) < 4.78 is 5.84. The Kier molecular flexibility index (Phi) is 4.71. The molecule has 1 atom stereocenters. The van der Waals surface area contributed by atoms with E-state index < -0.39 is 6.10 Å². The molecule has 0 aliphatic rings. The highest BCUT2D eigenvalue weighted by Crippen LogP contribution is 2.24. The summed E-state index contributed by atoms with van der Waals surface area (Å²) in [7, 11) is 0. The monoisotopic (exact) mass is 298 g/mol. The molecule has 0 aromatic heterocycles. The zero-order valence-electron chi connectivity index (χ0n) is 13.4. The third kappa shape index (κ3) is 3.58.